The van der Waals surface area contributed by atoms with E-state index in [0.29, 0.717) is 30.3 Å². The molecule has 2 heterocycles. The van der Waals surface area contributed by atoms with Gasteiger partial charge in [-0.05, 0) is 53.4 Å². The molecule has 0 saturated heterocycles. The lowest BCUT2D eigenvalue weighted by atomic mass is 10.1. The quantitative estimate of drug-likeness (QED) is 0.443. The van der Waals surface area contributed by atoms with Gasteiger partial charge in [-0.25, -0.2) is 19.2 Å². The summed E-state index contributed by atoms with van der Waals surface area (Å²) in [6, 6.07) is 18.8. The Morgan fingerprint density at radius 2 is 1.80 bits per heavy atom. The normalized spacial score (nSPS) is 10.7. The van der Waals surface area contributed by atoms with Crippen molar-refractivity contribution in [2.75, 3.05) is 4.90 Å². The average Bonchev–Trinajstić information content (AvgIpc) is 3.27. The number of nitrogens with zero attached hydrogens (tertiary/aromatic N) is 3. The molecule has 0 fully saturated rings. The Bertz CT molecular complexity index is 1150. The second-order valence-electron chi connectivity index (χ2n) is 6.65. The van der Waals surface area contributed by atoms with Gasteiger partial charge in [0.25, 0.3) is 0 Å². The van der Waals surface area contributed by atoms with Crippen LogP contribution in [-0.2, 0) is 13.1 Å². The Morgan fingerprint density at radius 3 is 2.53 bits per heavy atom. The molecule has 0 aliphatic rings. The number of carboxylic acids is 1. The van der Waals surface area contributed by atoms with Crippen LogP contribution in [0.25, 0.3) is 11.3 Å². The smallest absolute Gasteiger partial charge is 0.336 e. The van der Waals surface area contributed by atoms with E-state index in [1.54, 1.807) is 53.9 Å². The summed E-state index contributed by atoms with van der Waals surface area (Å²) in [5, 5.41) is 11.5. The van der Waals surface area contributed by atoms with E-state index in [0.717, 1.165) is 10.4 Å². The SMILES string of the molecule is O=C(O)c1ccccc1CN(Cc1cccs1)c1nccc(-c2ccc(F)cc2)n1. The van der Waals surface area contributed by atoms with Crippen LogP contribution in [0.2, 0.25) is 0 Å². The number of carboxylic acid groups (broad SMARTS) is 1. The Morgan fingerprint density at radius 1 is 1.00 bits per heavy atom. The molecule has 0 bridgehead atoms. The first-order valence-electron chi connectivity index (χ1n) is 9.27. The number of aromatic carboxylic acids is 1. The van der Waals surface area contributed by atoms with Gasteiger partial charge in [-0.1, -0.05) is 24.3 Å². The van der Waals surface area contributed by atoms with Crippen LogP contribution in [0.4, 0.5) is 10.3 Å². The molecule has 0 unspecified atom stereocenters. The first kappa shape index (κ1) is 19.7. The van der Waals surface area contributed by atoms with Crippen LogP contribution in [0.5, 0.6) is 0 Å². The lowest BCUT2D eigenvalue weighted by Crippen LogP contribution is -2.25. The minimum absolute atomic E-state index is 0.253. The third-order valence-electron chi connectivity index (χ3n) is 4.60. The maximum absolute atomic E-state index is 13.3. The number of benzene rings is 2. The van der Waals surface area contributed by atoms with Crippen molar-refractivity contribution in [3.05, 3.63) is 100 Å². The molecular formula is C23H18FN3O2S. The zero-order valence-electron chi connectivity index (χ0n) is 15.9. The van der Waals surface area contributed by atoms with E-state index in [-0.39, 0.29) is 11.4 Å². The van der Waals surface area contributed by atoms with Crippen molar-refractivity contribution >= 4 is 23.3 Å². The zero-order chi connectivity index (χ0) is 20.9. The van der Waals surface area contributed by atoms with Crippen molar-refractivity contribution in [2.24, 2.45) is 0 Å². The maximum Gasteiger partial charge on any atom is 0.336 e. The molecule has 4 rings (SSSR count). The highest BCUT2D eigenvalue weighted by molar-refractivity contribution is 7.09. The van der Waals surface area contributed by atoms with E-state index in [1.807, 2.05) is 28.5 Å². The summed E-state index contributed by atoms with van der Waals surface area (Å²) in [7, 11) is 0. The lowest BCUT2D eigenvalue weighted by Gasteiger charge is -2.23. The molecule has 4 aromatic rings. The molecule has 150 valence electrons. The van der Waals surface area contributed by atoms with Gasteiger partial charge in [0.1, 0.15) is 5.82 Å². The summed E-state index contributed by atoms with van der Waals surface area (Å²) in [5.41, 5.74) is 2.38. The van der Waals surface area contributed by atoms with Gasteiger partial charge in [0.2, 0.25) is 5.95 Å². The van der Waals surface area contributed by atoms with Crippen molar-refractivity contribution in [2.45, 2.75) is 13.1 Å². The van der Waals surface area contributed by atoms with Gasteiger partial charge in [-0.3, -0.25) is 0 Å². The summed E-state index contributed by atoms with van der Waals surface area (Å²) in [4.78, 5) is 23.8. The monoisotopic (exact) mass is 419 g/mol. The van der Waals surface area contributed by atoms with Gasteiger partial charge in [0.05, 0.1) is 17.8 Å². The third kappa shape index (κ3) is 4.52. The van der Waals surface area contributed by atoms with E-state index in [9.17, 15) is 14.3 Å². The van der Waals surface area contributed by atoms with E-state index in [4.69, 9.17) is 0 Å². The number of carbonyl (C=O) groups is 1. The number of thiophene rings is 1. The fourth-order valence-corrected chi connectivity index (χ4v) is 3.86. The lowest BCUT2D eigenvalue weighted by molar-refractivity contribution is 0.0695. The molecule has 0 amide bonds. The van der Waals surface area contributed by atoms with Gasteiger partial charge >= 0.3 is 5.97 Å². The largest absolute Gasteiger partial charge is 0.478 e. The van der Waals surface area contributed by atoms with Crippen LogP contribution in [-0.4, -0.2) is 21.0 Å². The van der Waals surface area contributed by atoms with E-state index < -0.39 is 5.97 Å². The van der Waals surface area contributed by atoms with Crippen LogP contribution >= 0.6 is 11.3 Å². The standard InChI is InChI=1S/C23H18FN3O2S/c24-18-9-7-16(8-10-18)21-11-12-25-23(26-21)27(15-19-5-3-13-30-19)14-17-4-1-2-6-20(17)22(28)29/h1-13H,14-15H2,(H,28,29). The summed E-state index contributed by atoms with van der Waals surface area (Å²) < 4.78 is 13.3. The highest BCUT2D eigenvalue weighted by Gasteiger charge is 2.17. The Hall–Kier alpha value is -3.58. The van der Waals surface area contributed by atoms with Gasteiger partial charge in [0.15, 0.2) is 0 Å². The van der Waals surface area contributed by atoms with Crippen LogP contribution in [0, 0.1) is 5.82 Å². The number of aromatic nitrogens is 2. The van der Waals surface area contributed by atoms with Crippen molar-refractivity contribution < 1.29 is 14.3 Å². The molecular weight excluding hydrogens is 401 g/mol. The van der Waals surface area contributed by atoms with E-state index in [1.165, 1.54) is 12.1 Å². The van der Waals surface area contributed by atoms with Crippen LogP contribution < -0.4 is 4.90 Å². The zero-order valence-corrected chi connectivity index (χ0v) is 16.7. The number of hydrogen-bond acceptors (Lipinski definition) is 5. The molecule has 0 radical (unpaired) electrons. The van der Waals surface area contributed by atoms with Crippen molar-refractivity contribution in [3.8, 4) is 11.3 Å². The molecule has 1 N–H and O–H groups in total. The molecule has 2 aromatic heterocycles. The Labute approximate surface area is 177 Å². The van der Waals surface area contributed by atoms with Gasteiger partial charge < -0.3 is 10.0 Å². The summed E-state index contributed by atoms with van der Waals surface area (Å²) in [6.45, 7) is 0.881. The predicted molar refractivity (Wildman–Crippen MR) is 115 cm³/mol. The van der Waals surface area contributed by atoms with Gasteiger partial charge in [0, 0.05) is 23.2 Å². The van der Waals surface area contributed by atoms with Gasteiger partial charge in [-0.2, -0.15) is 0 Å². The van der Waals surface area contributed by atoms with Crippen molar-refractivity contribution in [1.29, 1.82) is 0 Å². The molecule has 2 aromatic carbocycles. The Kier molecular flexibility index (Phi) is 5.81. The molecule has 30 heavy (non-hydrogen) atoms. The van der Waals surface area contributed by atoms with Crippen LogP contribution in [0.15, 0.2) is 78.3 Å². The number of hydrogen-bond donors (Lipinski definition) is 1. The topological polar surface area (TPSA) is 66.3 Å². The minimum Gasteiger partial charge on any atom is -0.478 e. The van der Waals surface area contributed by atoms with Gasteiger partial charge in [-0.15, -0.1) is 11.3 Å². The molecule has 5 nitrogen and oxygen atoms in total. The predicted octanol–water partition coefficient (Wildman–Crippen LogP) is 5.25. The molecule has 7 heteroatoms. The second kappa shape index (κ2) is 8.84. The molecule has 0 spiro atoms. The molecule has 0 atom stereocenters. The third-order valence-corrected chi connectivity index (χ3v) is 5.46. The fourth-order valence-electron chi connectivity index (χ4n) is 3.14. The average molecular weight is 419 g/mol. The molecule has 0 aliphatic carbocycles. The van der Waals surface area contributed by atoms with Crippen LogP contribution in [0.1, 0.15) is 20.8 Å². The second-order valence-corrected chi connectivity index (χ2v) is 7.68. The number of anilines is 1. The minimum atomic E-state index is -0.970. The highest BCUT2D eigenvalue weighted by Crippen LogP contribution is 2.24. The first-order chi connectivity index (χ1) is 14.6. The Balaban J connectivity index is 1.71. The van der Waals surface area contributed by atoms with Crippen molar-refractivity contribution in [3.63, 3.8) is 0 Å². The van der Waals surface area contributed by atoms with E-state index in [2.05, 4.69) is 9.97 Å². The summed E-state index contributed by atoms with van der Waals surface area (Å²) >= 11 is 1.61. The first-order valence-corrected chi connectivity index (χ1v) is 10.2. The number of halogens is 1. The summed E-state index contributed by atoms with van der Waals surface area (Å²) in [5.74, 6) is -0.800. The van der Waals surface area contributed by atoms with Crippen LogP contribution in [0.3, 0.4) is 0 Å². The van der Waals surface area contributed by atoms with Crippen molar-refractivity contribution in [1.82, 2.24) is 9.97 Å². The van der Waals surface area contributed by atoms with E-state index >= 15 is 0 Å². The molecule has 0 aliphatic heterocycles. The number of rotatable bonds is 7. The highest BCUT2D eigenvalue weighted by atomic mass is 32.1. The maximum atomic E-state index is 13.3. The fraction of sp³-hybridized carbons (Fsp3) is 0.0870. The molecule has 0 saturated carbocycles. The summed E-state index contributed by atoms with van der Waals surface area (Å²) in [6.07, 6.45) is 1.66.